The molecule has 90 valence electrons. The molecule has 3 aromatic heterocycles. The van der Waals surface area contributed by atoms with E-state index in [1.165, 1.54) is 0 Å². The third-order valence-electron chi connectivity index (χ3n) is 2.65. The van der Waals surface area contributed by atoms with E-state index in [9.17, 15) is 4.79 Å². The monoisotopic (exact) mass is 241 g/mol. The molecule has 0 fully saturated rings. The molecule has 3 aromatic rings. The molecule has 0 radical (unpaired) electrons. The maximum atomic E-state index is 11.9. The van der Waals surface area contributed by atoms with Gasteiger partial charge in [-0.3, -0.25) is 4.79 Å². The van der Waals surface area contributed by atoms with Crippen molar-refractivity contribution in [3.05, 3.63) is 60.4 Å². The van der Waals surface area contributed by atoms with Gasteiger partial charge in [0, 0.05) is 18.6 Å². The Hall–Kier alpha value is -2.56. The fraction of sp³-hybridized carbons (Fsp3) is 0.0769. The first-order chi connectivity index (χ1) is 8.83. The molecule has 18 heavy (non-hydrogen) atoms. The predicted octanol–water partition coefficient (Wildman–Crippen LogP) is 1.86. The minimum absolute atomic E-state index is 0.137. The number of carbonyl (C=O) groups excluding carboxylic acids is 1. The molecule has 0 aromatic carbocycles. The van der Waals surface area contributed by atoms with E-state index in [0.29, 0.717) is 12.1 Å². The van der Waals surface area contributed by atoms with E-state index in [4.69, 9.17) is 4.42 Å². The Bertz CT molecular complexity index is 670. The summed E-state index contributed by atoms with van der Waals surface area (Å²) in [4.78, 5) is 16.0. The summed E-state index contributed by atoms with van der Waals surface area (Å²) in [6.45, 7) is 0.383. The molecule has 3 rings (SSSR count). The van der Waals surface area contributed by atoms with Crippen molar-refractivity contribution in [2.45, 2.75) is 6.54 Å². The van der Waals surface area contributed by atoms with Crippen molar-refractivity contribution in [1.82, 2.24) is 14.7 Å². The number of nitrogens with zero attached hydrogens (tertiary/aromatic N) is 2. The molecule has 0 bridgehead atoms. The van der Waals surface area contributed by atoms with Crippen molar-refractivity contribution >= 4 is 11.6 Å². The lowest BCUT2D eigenvalue weighted by atomic mass is 10.2. The lowest BCUT2D eigenvalue weighted by molar-refractivity contribution is 0.0947. The highest BCUT2D eigenvalue weighted by molar-refractivity contribution is 5.94. The Morgan fingerprint density at radius 1 is 1.39 bits per heavy atom. The summed E-state index contributed by atoms with van der Waals surface area (Å²) in [5.74, 6) is 0.592. The number of furan rings is 1. The molecule has 3 heterocycles. The highest BCUT2D eigenvalue weighted by Gasteiger charge is 2.07. The Balaban J connectivity index is 1.75. The Labute approximate surface area is 103 Å². The first kappa shape index (κ1) is 10.6. The third-order valence-corrected chi connectivity index (χ3v) is 2.65. The first-order valence-electron chi connectivity index (χ1n) is 5.56. The second-order valence-corrected chi connectivity index (χ2v) is 3.87. The van der Waals surface area contributed by atoms with Gasteiger partial charge in [-0.2, -0.15) is 0 Å². The van der Waals surface area contributed by atoms with Crippen molar-refractivity contribution in [3.8, 4) is 0 Å². The zero-order valence-electron chi connectivity index (χ0n) is 9.54. The standard InChI is InChI=1S/C13H11N3O2/c17-13(15-8-11-2-1-7-18-11)10-3-4-12-14-5-6-16(12)9-10/h1-7,9H,8H2,(H,15,17). The van der Waals surface area contributed by atoms with E-state index < -0.39 is 0 Å². The predicted molar refractivity (Wildman–Crippen MR) is 65.1 cm³/mol. The van der Waals surface area contributed by atoms with Crippen LogP contribution in [0.1, 0.15) is 16.1 Å². The summed E-state index contributed by atoms with van der Waals surface area (Å²) in [6, 6.07) is 7.17. The van der Waals surface area contributed by atoms with Crippen LogP contribution >= 0.6 is 0 Å². The Kier molecular flexibility index (Phi) is 2.57. The van der Waals surface area contributed by atoms with Gasteiger partial charge < -0.3 is 14.1 Å². The number of hydrogen-bond acceptors (Lipinski definition) is 3. The van der Waals surface area contributed by atoms with E-state index in [1.54, 1.807) is 37.0 Å². The van der Waals surface area contributed by atoms with Gasteiger partial charge in [-0.1, -0.05) is 0 Å². The number of carbonyl (C=O) groups is 1. The molecule has 0 aliphatic heterocycles. The maximum Gasteiger partial charge on any atom is 0.253 e. The molecule has 0 atom stereocenters. The Morgan fingerprint density at radius 2 is 2.33 bits per heavy atom. The van der Waals surface area contributed by atoms with Gasteiger partial charge in [0.2, 0.25) is 0 Å². The van der Waals surface area contributed by atoms with E-state index in [-0.39, 0.29) is 5.91 Å². The number of hydrogen-bond donors (Lipinski definition) is 1. The average molecular weight is 241 g/mol. The van der Waals surface area contributed by atoms with Gasteiger partial charge in [0.25, 0.3) is 5.91 Å². The van der Waals surface area contributed by atoms with Gasteiger partial charge in [-0.15, -0.1) is 0 Å². The zero-order chi connectivity index (χ0) is 12.4. The second-order valence-electron chi connectivity index (χ2n) is 3.87. The minimum Gasteiger partial charge on any atom is -0.467 e. The number of pyridine rings is 1. The molecule has 0 aliphatic rings. The van der Waals surface area contributed by atoms with Gasteiger partial charge in [0.15, 0.2) is 0 Å². The lowest BCUT2D eigenvalue weighted by Crippen LogP contribution is -2.22. The van der Waals surface area contributed by atoms with Crippen LogP contribution in [0.4, 0.5) is 0 Å². The van der Waals surface area contributed by atoms with Crippen LogP contribution in [0, 0.1) is 0 Å². The smallest absolute Gasteiger partial charge is 0.253 e. The van der Waals surface area contributed by atoms with Crippen LogP contribution < -0.4 is 5.32 Å². The van der Waals surface area contributed by atoms with Gasteiger partial charge in [0.05, 0.1) is 18.4 Å². The van der Waals surface area contributed by atoms with Crippen LogP contribution in [0.5, 0.6) is 0 Å². The molecular weight excluding hydrogens is 230 g/mol. The number of fused-ring (bicyclic) bond motifs is 1. The maximum absolute atomic E-state index is 11.9. The highest BCUT2D eigenvalue weighted by Crippen LogP contribution is 2.05. The summed E-state index contributed by atoms with van der Waals surface area (Å²) in [5, 5.41) is 2.79. The van der Waals surface area contributed by atoms with Crippen molar-refractivity contribution in [2.75, 3.05) is 0 Å². The first-order valence-corrected chi connectivity index (χ1v) is 5.56. The fourth-order valence-electron chi connectivity index (χ4n) is 1.74. The highest BCUT2D eigenvalue weighted by atomic mass is 16.3. The summed E-state index contributed by atoms with van der Waals surface area (Å²) in [6.07, 6.45) is 6.83. The number of imidazole rings is 1. The van der Waals surface area contributed by atoms with E-state index >= 15 is 0 Å². The van der Waals surface area contributed by atoms with Crippen LogP contribution in [0.2, 0.25) is 0 Å². The fourth-order valence-corrected chi connectivity index (χ4v) is 1.74. The van der Waals surface area contributed by atoms with Gasteiger partial charge >= 0.3 is 0 Å². The molecule has 1 amide bonds. The number of aromatic nitrogens is 2. The van der Waals surface area contributed by atoms with Crippen LogP contribution in [-0.2, 0) is 6.54 Å². The second kappa shape index (κ2) is 4.37. The van der Waals surface area contributed by atoms with Gasteiger partial charge in [-0.25, -0.2) is 4.98 Å². The van der Waals surface area contributed by atoms with E-state index in [0.717, 1.165) is 11.4 Å². The van der Waals surface area contributed by atoms with Crippen LogP contribution in [0.15, 0.2) is 53.5 Å². The molecular formula is C13H11N3O2. The minimum atomic E-state index is -0.137. The summed E-state index contributed by atoms with van der Waals surface area (Å²) >= 11 is 0. The largest absolute Gasteiger partial charge is 0.467 e. The van der Waals surface area contributed by atoms with Gasteiger partial charge in [-0.05, 0) is 24.3 Å². The molecule has 0 aliphatic carbocycles. The molecule has 5 heteroatoms. The van der Waals surface area contributed by atoms with Crippen molar-refractivity contribution in [2.24, 2.45) is 0 Å². The average Bonchev–Trinajstić information content (AvgIpc) is 3.05. The quantitative estimate of drug-likeness (QED) is 0.761. The zero-order valence-corrected chi connectivity index (χ0v) is 9.54. The third kappa shape index (κ3) is 1.98. The van der Waals surface area contributed by atoms with Crippen LogP contribution in [0.25, 0.3) is 5.65 Å². The summed E-state index contributed by atoms with van der Waals surface area (Å²) < 4.78 is 6.96. The topological polar surface area (TPSA) is 59.5 Å². The lowest BCUT2D eigenvalue weighted by Gasteiger charge is -2.03. The number of rotatable bonds is 3. The Morgan fingerprint density at radius 3 is 3.17 bits per heavy atom. The number of amides is 1. The molecule has 0 saturated heterocycles. The van der Waals surface area contributed by atoms with Crippen molar-refractivity contribution in [3.63, 3.8) is 0 Å². The molecule has 1 N–H and O–H groups in total. The normalized spacial score (nSPS) is 10.7. The summed E-state index contributed by atoms with van der Waals surface area (Å²) in [5.41, 5.74) is 1.41. The molecule has 0 spiro atoms. The van der Waals surface area contributed by atoms with E-state index in [1.807, 2.05) is 16.5 Å². The van der Waals surface area contributed by atoms with Crippen molar-refractivity contribution in [1.29, 1.82) is 0 Å². The van der Waals surface area contributed by atoms with Crippen LogP contribution in [-0.4, -0.2) is 15.3 Å². The van der Waals surface area contributed by atoms with E-state index in [2.05, 4.69) is 10.3 Å². The van der Waals surface area contributed by atoms with Gasteiger partial charge in [0.1, 0.15) is 11.4 Å². The SMILES string of the molecule is O=C(NCc1ccco1)c1ccc2nccn2c1. The molecule has 5 nitrogen and oxygen atoms in total. The van der Waals surface area contributed by atoms with Crippen molar-refractivity contribution < 1.29 is 9.21 Å². The number of nitrogens with one attached hydrogen (secondary N) is 1. The molecule has 0 saturated carbocycles. The molecule has 0 unspecified atom stereocenters. The van der Waals surface area contributed by atoms with Crippen LogP contribution in [0.3, 0.4) is 0 Å². The summed E-state index contributed by atoms with van der Waals surface area (Å²) in [7, 11) is 0.